The zero-order chi connectivity index (χ0) is 12.4. The van der Waals surface area contributed by atoms with Gasteiger partial charge in [-0.05, 0) is 19.8 Å². The minimum Gasteiger partial charge on any atom is -0.481 e. The number of hydrogen-bond acceptors (Lipinski definition) is 4. The first-order valence-electron chi connectivity index (χ1n) is 5.25. The van der Waals surface area contributed by atoms with E-state index in [9.17, 15) is 13.2 Å². The van der Waals surface area contributed by atoms with Crippen molar-refractivity contribution in [2.24, 2.45) is 0 Å². The number of unbranched alkanes of at least 4 members (excludes halogenated alkanes) is 1. The van der Waals surface area contributed by atoms with Crippen LogP contribution in [0.1, 0.15) is 26.2 Å². The van der Waals surface area contributed by atoms with Crippen LogP contribution in [0.25, 0.3) is 0 Å². The summed E-state index contributed by atoms with van der Waals surface area (Å²) in [5, 5.41) is 8.36. The second kappa shape index (κ2) is 8.49. The maximum Gasteiger partial charge on any atom is 0.303 e. The summed E-state index contributed by atoms with van der Waals surface area (Å²) >= 11 is 0. The monoisotopic (exact) mass is 253 g/mol. The lowest BCUT2D eigenvalue weighted by atomic mass is 10.2. The van der Waals surface area contributed by atoms with Crippen molar-refractivity contribution in [3.05, 3.63) is 0 Å². The fraction of sp³-hybridized carbons (Fsp3) is 0.889. The fourth-order valence-corrected chi connectivity index (χ4v) is 1.95. The third kappa shape index (κ3) is 9.88. The summed E-state index contributed by atoms with van der Waals surface area (Å²) in [6.07, 6.45) is 1.07. The van der Waals surface area contributed by atoms with E-state index in [0.29, 0.717) is 19.4 Å². The zero-order valence-electron chi connectivity index (χ0n) is 9.44. The molecule has 0 unspecified atom stereocenters. The van der Waals surface area contributed by atoms with Crippen molar-refractivity contribution in [1.82, 2.24) is 4.72 Å². The van der Waals surface area contributed by atoms with Gasteiger partial charge in [0.05, 0.1) is 12.4 Å². The largest absolute Gasteiger partial charge is 0.481 e. The normalized spacial score (nSPS) is 11.6. The molecule has 0 aliphatic rings. The summed E-state index contributed by atoms with van der Waals surface area (Å²) in [5.74, 6) is -0.918. The molecule has 0 saturated heterocycles. The Bertz CT molecular complexity index is 288. The second-order valence-electron chi connectivity index (χ2n) is 3.26. The molecule has 6 nitrogen and oxygen atoms in total. The van der Waals surface area contributed by atoms with Gasteiger partial charge in [-0.1, -0.05) is 0 Å². The van der Waals surface area contributed by atoms with Crippen molar-refractivity contribution in [3.8, 4) is 0 Å². The van der Waals surface area contributed by atoms with Crippen LogP contribution < -0.4 is 4.72 Å². The first-order valence-corrected chi connectivity index (χ1v) is 6.90. The molecular formula is C9H19NO5S. The number of aliphatic carboxylic acids is 1. The molecule has 0 aromatic heterocycles. The van der Waals surface area contributed by atoms with Crippen LogP contribution >= 0.6 is 0 Å². The van der Waals surface area contributed by atoms with Gasteiger partial charge in [0.2, 0.25) is 10.0 Å². The first-order chi connectivity index (χ1) is 7.48. The van der Waals surface area contributed by atoms with E-state index in [1.807, 2.05) is 0 Å². The third-order valence-corrected chi connectivity index (χ3v) is 3.19. The van der Waals surface area contributed by atoms with Gasteiger partial charge in [0.1, 0.15) is 0 Å². The van der Waals surface area contributed by atoms with Crippen molar-refractivity contribution in [2.45, 2.75) is 26.2 Å². The third-order valence-electron chi connectivity index (χ3n) is 1.84. The van der Waals surface area contributed by atoms with Gasteiger partial charge in [-0.15, -0.1) is 0 Å². The smallest absolute Gasteiger partial charge is 0.303 e. The molecule has 7 heteroatoms. The Balaban J connectivity index is 3.54. The van der Waals surface area contributed by atoms with Crippen molar-refractivity contribution < 1.29 is 23.1 Å². The number of rotatable bonds is 10. The van der Waals surface area contributed by atoms with Crippen molar-refractivity contribution >= 4 is 16.0 Å². The van der Waals surface area contributed by atoms with Gasteiger partial charge < -0.3 is 9.84 Å². The standard InChI is InChI=1S/C9H19NO5S/c1-2-15-7-8-16(13,14)10-6-4-3-5-9(11)12/h10H,2-8H2,1H3,(H,11,12). The Morgan fingerprint density at radius 1 is 1.38 bits per heavy atom. The van der Waals surface area contributed by atoms with Gasteiger partial charge in [-0.2, -0.15) is 0 Å². The van der Waals surface area contributed by atoms with E-state index in [2.05, 4.69) is 4.72 Å². The molecule has 0 amide bonds. The van der Waals surface area contributed by atoms with Crippen LogP contribution in [0.5, 0.6) is 0 Å². The predicted molar refractivity (Wildman–Crippen MR) is 59.8 cm³/mol. The number of ether oxygens (including phenoxy) is 1. The molecule has 0 aliphatic heterocycles. The van der Waals surface area contributed by atoms with E-state index in [-0.39, 0.29) is 25.3 Å². The molecule has 0 heterocycles. The maximum absolute atomic E-state index is 11.3. The topological polar surface area (TPSA) is 92.7 Å². The van der Waals surface area contributed by atoms with E-state index >= 15 is 0 Å². The maximum atomic E-state index is 11.3. The molecule has 96 valence electrons. The molecule has 0 aromatic rings. The highest BCUT2D eigenvalue weighted by Gasteiger charge is 2.08. The minimum absolute atomic E-state index is 0.0558. The van der Waals surface area contributed by atoms with Crippen LogP contribution in [0.3, 0.4) is 0 Å². The van der Waals surface area contributed by atoms with Crippen LogP contribution in [-0.4, -0.2) is 45.0 Å². The van der Waals surface area contributed by atoms with Crippen LogP contribution in [0.2, 0.25) is 0 Å². The molecule has 0 rings (SSSR count). The Labute approximate surface area is 96.0 Å². The number of carboxylic acid groups (broad SMARTS) is 1. The van der Waals surface area contributed by atoms with Crippen LogP contribution in [0.4, 0.5) is 0 Å². The molecular weight excluding hydrogens is 234 g/mol. The SMILES string of the molecule is CCOCCS(=O)(=O)NCCCCC(=O)O. The number of carbonyl (C=O) groups is 1. The van der Waals surface area contributed by atoms with Gasteiger partial charge in [0.15, 0.2) is 0 Å². The molecule has 0 saturated carbocycles. The van der Waals surface area contributed by atoms with Gasteiger partial charge in [-0.25, -0.2) is 13.1 Å². The first kappa shape index (κ1) is 15.3. The second-order valence-corrected chi connectivity index (χ2v) is 5.19. The molecule has 0 bridgehead atoms. The molecule has 0 spiro atoms. The lowest BCUT2D eigenvalue weighted by Crippen LogP contribution is -2.29. The average molecular weight is 253 g/mol. The minimum atomic E-state index is -3.28. The number of hydrogen-bond donors (Lipinski definition) is 2. The molecule has 16 heavy (non-hydrogen) atoms. The molecule has 0 fully saturated rings. The Kier molecular flexibility index (Phi) is 8.14. The van der Waals surface area contributed by atoms with E-state index in [0.717, 1.165) is 0 Å². The number of nitrogens with one attached hydrogen (secondary N) is 1. The van der Waals surface area contributed by atoms with Crippen LogP contribution in [0.15, 0.2) is 0 Å². The van der Waals surface area contributed by atoms with E-state index in [1.165, 1.54) is 0 Å². The summed E-state index contributed by atoms with van der Waals surface area (Å²) in [7, 11) is -3.28. The molecule has 0 radical (unpaired) electrons. The lowest BCUT2D eigenvalue weighted by Gasteiger charge is -2.05. The van der Waals surface area contributed by atoms with E-state index in [1.54, 1.807) is 6.92 Å². The zero-order valence-corrected chi connectivity index (χ0v) is 10.3. The Morgan fingerprint density at radius 2 is 2.06 bits per heavy atom. The Morgan fingerprint density at radius 3 is 2.62 bits per heavy atom. The van der Waals surface area contributed by atoms with Crippen molar-refractivity contribution in [3.63, 3.8) is 0 Å². The molecule has 0 aliphatic carbocycles. The van der Waals surface area contributed by atoms with Gasteiger partial charge >= 0.3 is 5.97 Å². The summed E-state index contributed by atoms with van der Waals surface area (Å²) in [5.41, 5.74) is 0. The number of carboxylic acids is 1. The predicted octanol–water partition coefficient (Wildman–Crippen LogP) is 0.197. The quantitative estimate of drug-likeness (QED) is 0.542. The fourth-order valence-electron chi connectivity index (χ4n) is 1.01. The van der Waals surface area contributed by atoms with Crippen LogP contribution in [-0.2, 0) is 19.6 Å². The highest BCUT2D eigenvalue weighted by Crippen LogP contribution is 1.95. The summed E-state index contributed by atoms with van der Waals surface area (Å²) in [4.78, 5) is 10.2. The van der Waals surface area contributed by atoms with Gasteiger partial charge in [0.25, 0.3) is 0 Å². The lowest BCUT2D eigenvalue weighted by molar-refractivity contribution is -0.137. The summed E-state index contributed by atoms with van der Waals surface area (Å²) in [6.45, 7) is 2.75. The molecule has 0 aromatic carbocycles. The molecule has 2 N–H and O–H groups in total. The van der Waals surface area contributed by atoms with E-state index < -0.39 is 16.0 Å². The Hall–Kier alpha value is -0.660. The van der Waals surface area contributed by atoms with Crippen LogP contribution in [0, 0.1) is 0 Å². The van der Waals surface area contributed by atoms with Gasteiger partial charge in [0, 0.05) is 19.6 Å². The highest BCUT2D eigenvalue weighted by atomic mass is 32.2. The number of sulfonamides is 1. The van der Waals surface area contributed by atoms with Crippen molar-refractivity contribution in [1.29, 1.82) is 0 Å². The summed E-state index contributed by atoms with van der Waals surface area (Å²) < 4.78 is 29.9. The summed E-state index contributed by atoms with van der Waals surface area (Å²) in [6, 6.07) is 0. The average Bonchev–Trinajstić information content (AvgIpc) is 2.16. The molecule has 0 atom stereocenters. The van der Waals surface area contributed by atoms with Crippen molar-refractivity contribution in [2.75, 3.05) is 25.5 Å². The van der Waals surface area contributed by atoms with E-state index in [4.69, 9.17) is 9.84 Å². The highest BCUT2D eigenvalue weighted by molar-refractivity contribution is 7.89. The van der Waals surface area contributed by atoms with Gasteiger partial charge in [-0.3, -0.25) is 4.79 Å².